The predicted octanol–water partition coefficient (Wildman–Crippen LogP) is 6.11. The van der Waals surface area contributed by atoms with E-state index in [9.17, 15) is 9.90 Å². The van der Waals surface area contributed by atoms with E-state index in [4.69, 9.17) is 27.9 Å². The van der Waals surface area contributed by atoms with Crippen LogP contribution in [0.2, 0.25) is 10.0 Å². The number of aromatic nitrogens is 4. The van der Waals surface area contributed by atoms with Gasteiger partial charge in [0.2, 0.25) is 11.1 Å². The minimum atomic E-state index is -0.242. The summed E-state index contributed by atoms with van der Waals surface area (Å²) in [5.74, 6) is 0.621. The first-order chi connectivity index (χ1) is 20.6. The number of aliphatic hydroxyl groups excluding tert-OH is 1. The molecule has 0 radical (unpaired) electrons. The first-order valence-electron chi connectivity index (χ1n) is 14.0. The zero-order valence-electron chi connectivity index (χ0n) is 24.3. The van der Waals surface area contributed by atoms with Crippen molar-refractivity contribution < 1.29 is 14.6 Å². The van der Waals surface area contributed by atoms with Crippen molar-refractivity contribution in [2.45, 2.75) is 43.9 Å². The second-order valence-electron chi connectivity index (χ2n) is 11.4. The quantitative estimate of drug-likeness (QED) is 0.200. The van der Waals surface area contributed by atoms with E-state index in [1.54, 1.807) is 6.07 Å². The van der Waals surface area contributed by atoms with Crippen molar-refractivity contribution in [3.8, 4) is 22.6 Å². The number of tetrazole rings is 1. The monoisotopic (exact) mass is 640 g/mol. The lowest BCUT2D eigenvalue weighted by Crippen LogP contribution is -2.27. The van der Waals surface area contributed by atoms with Crippen molar-refractivity contribution in [1.29, 1.82) is 0 Å². The fourth-order valence-corrected chi connectivity index (χ4v) is 5.90. The van der Waals surface area contributed by atoms with Gasteiger partial charge in [0.15, 0.2) is 0 Å². The van der Waals surface area contributed by atoms with Crippen LogP contribution in [0.15, 0.2) is 65.8 Å². The van der Waals surface area contributed by atoms with Crippen LogP contribution in [0.25, 0.3) is 16.8 Å². The molecule has 226 valence electrons. The highest BCUT2D eigenvalue weighted by Gasteiger charge is 2.20. The van der Waals surface area contributed by atoms with Crippen LogP contribution in [-0.2, 0) is 10.2 Å². The standard InChI is InChI=1S/C31H34Cl2N6O3S/c1-31(2,3)22-7-11-28(26(33)17-22)39-30(35-36-37-39)43-19-29(41)34-27-10-6-21(16-25(27)32)20-4-8-24(9-5-20)42-15-14-38-13-12-23(40)18-38/h4-11,16-17,23,40H,12-15,18-19H2,1-3H3,(H,34,41)/t23-/m1/s1. The van der Waals surface area contributed by atoms with E-state index in [-0.39, 0.29) is 23.2 Å². The number of halogens is 2. The van der Waals surface area contributed by atoms with Crippen LogP contribution in [0.4, 0.5) is 5.69 Å². The van der Waals surface area contributed by atoms with Crippen molar-refractivity contribution in [3.63, 3.8) is 0 Å². The third-order valence-corrected chi connectivity index (χ3v) is 8.70. The maximum Gasteiger partial charge on any atom is 0.234 e. The third kappa shape index (κ3) is 8.07. The normalized spacial score (nSPS) is 15.5. The molecule has 1 aliphatic rings. The SMILES string of the molecule is CC(C)(C)c1ccc(-n2nnnc2SCC(=O)Nc2ccc(-c3ccc(OCCN4CC[C@@H](O)C4)cc3)cc2Cl)c(Cl)c1. The molecule has 1 aromatic heterocycles. The van der Waals surface area contributed by atoms with Crippen LogP contribution in [0.5, 0.6) is 5.75 Å². The Bertz CT molecular complexity index is 1570. The van der Waals surface area contributed by atoms with E-state index in [0.717, 1.165) is 42.0 Å². The zero-order valence-corrected chi connectivity index (χ0v) is 26.6. The molecule has 1 aliphatic heterocycles. The van der Waals surface area contributed by atoms with Crippen LogP contribution in [-0.4, -0.2) is 74.2 Å². The summed E-state index contributed by atoms with van der Waals surface area (Å²) >= 11 is 14.3. The summed E-state index contributed by atoms with van der Waals surface area (Å²) in [5.41, 5.74) is 4.11. The van der Waals surface area contributed by atoms with E-state index >= 15 is 0 Å². The molecular weight excluding hydrogens is 607 g/mol. The third-order valence-electron chi connectivity index (χ3n) is 7.17. The maximum absolute atomic E-state index is 12.8. The van der Waals surface area contributed by atoms with Gasteiger partial charge in [-0.1, -0.05) is 80.0 Å². The zero-order chi connectivity index (χ0) is 30.6. The molecule has 9 nitrogen and oxygen atoms in total. The lowest BCUT2D eigenvalue weighted by atomic mass is 9.87. The Morgan fingerprint density at radius 3 is 2.51 bits per heavy atom. The molecule has 3 aromatic carbocycles. The van der Waals surface area contributed by atoms with E-state index < -0.39 is 0 Å². The molecule has 2 heterocycles. The number of anilines is 1. The highest BCUT2D eigenvalue weighted by Crippen LogP contribution is 2.32. The molecule has 5 rings (SSSR count). The fraction of sp³-hybridized carbons (Fsp3) is 0.355. The van der Waals surface area contributed by atoms with Gasteiger partial charge < -0.3 is 15.2 Å². The predicted molar refractivity (Wildman–Crippen MR) is 172 cm³/mol. The van der Waals surface area contributed by atoms with Crippen LogP contribution in [0, 0.1) is 0 Å². The largest absolute Gasteiger partial charge is 0.492 e. The van der Waals surface area contributed by atoms with Crippen molar-refractivity contribution in [3.05, 3.63) is 76.3 Å². The van der Waals surface area contributed by atoms with Crippen LogP contribution in [0.1, 0.15) is 32.8 Å². The van der Waals surface area contributed by atoms with Crippen LogP contribution < -0.4 is 10.1 Å². The number of nitrogens with one attached hydrogen (secondary N) is 1. The van der Waals surface area contributed by atoms with Gasteiger partial charge in [-0.3, -0.25) is 9.69 Å². The number of rotatable bonds is 10. The lowest BCUT2D eigenvalue weighted by molar-refractivity contribution is -0.113. The van der Waals surface area contributed by atoms with Gasteiger partial charge in [-0.05, 0) is 75.4 Å². The Hall–Kier alpha value is -3.15. The summed E-state index contributed by atoms with van der Waals surface area (Å²) in [7, 11) is 0. The molecular formula is C31H34Cl2N6O3S. The van der Waals surface area contributed by atoms with Gasteiger partial charge in [-0.15, -0.1) is 5.10 Å². The Kier molecular flexibility index (Phi) is 9.93. The average Bonchev–Trinajstić information content (AvgIpc) is 3.61. The van der Waals surface area contributed by atoms with Gasteiger partial charge in [0, 0.05) is 19.6 Å². The van der Waals surface area contributed by atoms with Gasteiger partial charge in [0.25, 0.3) is 0 Å². The number of likely N-dealkylation sites (tertiary alicyclic amines) is 1. The van der Waals surface area contributed by atoms with Crippen molar-refractivity contribution >= 4 is 46.6 Å². The van der Waals surface area contributed by atoms with E-state index in [1.807, 2.05) is 54.6 Å². The summed E-state index contributed by atoms with van der Waals surface area (Å²) in [5, 5.41) is 25.8. The smallest absolute Gasteiger partial charge is 0.234 e. The number of aliphatic hydroxyl groups is 1. The highest BCUT2D eigenvalue weighted by atomic mass is 35.5. The number of benzene rings is 3. The van der Waals surface area contributed by atoms with Gasteiger partial charge in [0.1, 0.15) is 12.4 Å². The number of β-amino-alcohol motifs (C(OH)–C–C–N with tert-alkyl or cyclic N) is 1. The number of carbonyl (C=O) groups is 1. The summed E-state index contributed by atoms with van der Waals surface area (Å²) in [6.07, 6.45) is 0.599. The van der Waals surface area contributed by atoms with E-state index in [0.29, 0.717) is 39.7 Å². The number of thioether (sulfide) groups is 1. The number of amides is 1. The van der Waals surface area contributed by atoms with E-state index in [1.165, 1.54) is 16.4 Å². The van der Waals surface area contributed by atoms with Gasteiger partial charge in [-0.25, -0.2) is 0 Å². The molecule has 1 amide bonds. The molecule has 1 saturated heterocycles. The minimum Gasteiger partial charge on any atom is -0.492 e. The fourth-order valence-electron chi connectivity index (χ4n) is 4.73. The molecule has 1 fully saturated rings. The molecule has 0 unspecified atom stereocenters. The summed E-state index contributed by atoms with van der Waals surface area (Å²) in [4.78, 5) is 15.0. The van der Waals surface area contributed by atoms with Crippen LogP contribution >= 0.6 is 35.0 Å². The molecule has 4 aromatic rings. The first kappa shape index (κ1) is 31.3. The molecule has 1 atom stereocenters. The van der Waals surface area contributed by atoms with Crippen molar-refractivity contribution in [2.24, 2.45) is 0 Å². The molecule has 0 spiro atoms. The van der Waals surface area contributed by atoms with Crippen molar-refractivity contribution in [1.82, 2.24) is 25.1 Å². The number of carbonyl (C=O) groups excluding carboxylic acids is 1. The molecule has 0 aliphatic carbocycles. The molecule has 2 N–H and O–H groups in total. The molecule has 0 saturated carbocycles. The lowest BCUT2D eigenvalue weighted by Gasteiger charge is -2.20. The summed E-state index contributed by atoms with van der Waals surface area (Å²) < 4.78 is 7.40. The average molecular weight is 642 g/mol. The van der Waals surface area contributed by atoms with Gasteiger partial charge in [-0.2, -0.15) is 4.68 Å². The number of hydrogen-bond donors (Lipinski definition) is 2. The molecule has 12 heteroatoms. The Morgan fingerprint density at radius 1 is 1.07 bits per heavy atom. The van der Waals surface area contributed by atoms with Crippen LogP contribution in [0.3, 0.4) is 0 Å². The molecule has 0 bridgehead atoms. The second kappa shape index (κ2) is 13.7. The molecule has 43 heavy (non-hydrogen) atoms. The number of ether oxygens (including phenoxy) is 1. The Morgan fingerprint density at radius 2 is 1.84 bits per heavy atom. The topological polar surface area (TPSA) is 105 Å². The van der Waals surface area contributed by atoms with Crippen molar-refractivity contribution in [2.75, 3.05) is 37.3 Å². The summed E-state index contributed by atoms with van der Waals surface area (Å²) in [6.45, 7) is 9.33. The maximum atomic E-state index is 12.8. The van der Waals surface area contributed by atoms with Gasteiger partial charge in [0.05, 0.1) is 33.3 Å². The Labute approximate surface area is 265 Å². The number of nitrogens with zero attached hydrogens (tertiary/aromatic N) is 5. The Balaban J connectivity index is 1.15. The number of hydrogen-bond acceptors (Lipinski definition) is 8. The highest BCUT2D eigenvalue weighted by molar-refractivity contribution is 7.99. The van der Waals surface area contributed by atoms with Gasteiger partial charge >= 0.3 is 0 Å². The minimum absolute atomic E-state index is 0.0444. The second-order valence-corrected chi connectivity index (χ2v) is 13.2. The first-order valence-corrected chi connectivity index (χ1v) is 15.8. The van der Waals surface area contributed by atoms with E-state index in [2.05, 4.69) is 46.5 Å². The summed E-state index contributed by atoms with van der Waals surface area (Å²) in [6, 6.07) is 19.1.